The van der Waals surface area contributed by atoms with Gasteiger partial charge in [0.15, 0.2) is 0 Å². The van der Waals surface area contributed by atoms with Gasteiger partial charge in [0.25, 0.3) is 0 Å². The maximum Gasteiger partial charge on any atom is 0.323 e. The normalized spacial score (nSPS) is 11.5. The van der Waals surface area contributed by atoms with Gasteiger partial charge in [0.2, 0.25) is 0 Å². The van der Waals surface area contributed by atoms with Gasteiger partial charge in [0.05, 0.1) is 6.61 Å². The second-order valence-corrected chi connectivity index (χ2v) is 6.18. The van der Waals surface area contributed by atoms with Crippen LogP contribution in [-0.4, -0.2) is 53.8 Å². The summed E-state index contributed by atoms with van der Waals surface area (Å²) in [6.45, 7) is 10.8. The first kappa shape index (κ1) is 18.7. The fraction of sp³-hybridized carbons (Fsp3) is 0.857. The van der Waals surface area contributed by atoms with Crippen LogP contribution in [0, 0.1) is 5.92 Å². The molecule has 6 nitrogen and oxygen atoms in total. The van der Waals surface area contributed by atoms with Gasteiger partial charge in [0, 0.05) is 18.7 Å². The highest BCUT2D eigenvalue weighted by Crippen LogP contribution is 2.12. The molecule has 0 rings (SSSR count). The number of carboxylic acid groups (broad SMARTS) is 1. The van der Waals surface area contributed by atoms with Crippen LogP contribution in [0.3, 0.4) is 0 Å². The molecule has 0 radical (unpaired) electrons. The van der Waals surface area contributed by atoms with Crippen LogP contribution < -0.4 is 5.32 Å². The van der Waals surface area contributed by atoms with Crippen LogP contribution in [0.1, 0.15) is 41.0 Å². The first-order chi connectivity index (χ1) is 9.14. The number of nitrogens with zero attached hydrogens (tertiary/aromatic N) is 1. The van der Waals surface area contributed by atoms with Crippen molar-refractivity contribution in [1.29, 1.82) is 0 Å². The number of carbonyl (C=O) groups excluding carboxylic acids is 1. The number of hydrogen-bond donors (Lipinski definition) is 2. The minimum absolute atomic E-state index is 0.316. The van der Waals surface area contributed by atoms with Crippen molar-refractivity contribution in [2.24, 2.45) is 5.92 Å². The van der Waals surface area contributed by atoms with Crippen molar-refractivity contribution >= 4 is 12.0 Å². The topological polar surface area (TPSA) is 78.9 Å². The van der Waals surface area contributed by atoms with Crippen LogP contribution in [0.4, 0.5) is 4.79 Å². The molecule has 0 unspecified atom stereocenters. The highest BCUT2D eigenvalue weighted by molar-refractivity contribution is 5.80. The van der Waals surface area contributed by atoms with E-state index in [9.17, 15) is 9.59 Å². The van der Waals surface area contributed by atoms with E-state index >= 15 is 0 Å². The quantitative estimate of drug-likeness (QED) is 0.669. The lowest BCUT2D eigenvalue weighted by atomic mass is 10.1. The van der Waals surface area contributed by atoms with Crippen LogP contribution in [-0.2, 0) is 9.53 Å². The summed E-state index contributed by atoms with van der Waals surface area (Å²) in [5, 5.41) is 11.5. The lowest BCUT2D eigenvalue weighted by molar-refractivity contribution is -0.138. The molecule has 0 aliphatic rings. The Hall–Kier alpha value is -1.30. The average Bonchev–Trinajstić information content (AvgIpc) is 2.28. The molecule has 0 heterocycles. The Labute approximate surface area is 121 Å². The van der Waals surface area contributed by atoms with E-state index in [1.165, 1.54) is 4.90 Å². The Morgan fingerprint density at radius 2 is 1.85 bits per heavy atom. The SMILES string of the molecule is CC(C)CCOCCNC(=O)N(CC(=O)O)C(C)(C)C. The smallest absolute Gasteiger partial charge is 0.323 e. The monoisotopic (exact) mass is 288 g/mol. The number of urea groups is 1. The predicted molar refractivity (Wildman–Crippen MR) is 77.8 cm³/mol. The number of nitrogens with one attached hydrogen (secondary N) is 1. The van der Waals surface area contributed by atoms with Crippen LogP contribution >= 0.6 is 0 Å². The number of amides is 2. The fourth-order valence-electron chi connectivity index (χ4n) is 1.50. The van der Waals surface area contributed by atoms with E-state index in [0.717, 1.165) is 6.42 Å². The van der Waals surface area contributed by atoms with Gasteiger partial charge in [-0.3, -0.25) is 4.79 Å². The maximum atomic E-state index is 12.0. The van der Waals surface area contributed by atoms with Crippen LogP contribution in [0.15, 0.2) is 0 Å². The Kier molecular flexibility index (Phi) is 8.22. The minimum atomic E-state index is -1.02. The number of ether oxygens (including phenoxy) is 1. The van der Waals surface area contributed by atoms with Crippen molar-refractivity contribution in [3.05, 3.63) is 0 Å². The summed E-state index contributed by atoms with van der Waals surface area (Å²) in [5.74, 6) is -0.431. The molecule has 0 aromatic rings. The number of carbonyl (C=O) groups is 2. The lowest BCUT2D eigenvalue weighted by Gasteiger charge is -2.34. The molecule has 0 aromatic carbocycles. The van der Waals surface area contributed by atoms with E-state index in [2.05, 4.69) is 19.2 Å². The van der Waals surface area contributed by atoms with Crippen molar-refractivity contribution in [1.82, 2.24) is 10.2 Å². The summed E-state index contributed by atoms with van der Waals surface area (Å²) in [6.07, 6.45) is 0.987. The Morgan fingerprint density at radius 3 is 2.30 bits per heavy atom. The highest BCUT2D eigenvalue weighted by atomic mass is 16.5. The second kappa shape index (κ2) is 8.79. The molecule has 0 fully saturated rings. The molecule has 0 saturated heterocycles. The zero-order chi connectivity index (χ0) is 15.8. The van der Waals surface area contributed by atoms with Gasteiger partial charge >= 0.3 is 12.0 Å². The van der Waals surface area contributed by atoms with Gasteiger partial charge in [-0.2, -0.15) is 0 Å². The number of carboxylic acids is 1. The van der Waals surface area contributed by atoms with Gasteiger partial charge < -0.3 is 20.1 Å². The molecule has 0 aliphatic carbocycles. The van der Waals surface area contributed by atoms with E-state index in [-0.39, 0.29) is 12.6 Å². The van der Waals surface area contributed by atoms with Crippen molar-refractivity contribution in [3.63, 3.8) is 0 Å². The van der Waals surface area contributed by atoms with E-state index in [4.69, 9.17) is 9.84 Å². The molecular weight excluding hydrogens is 260 g/mol. The van der Waals surface area contributed by atoms with E-state index in [1.54, 1.807) is 20.8 Å². The summed E-state index contributed by atoms with van der Waals surface area (Å²) in [6, 6.07) is -0.382. The third-order valence-electron chi connectivity index (χ3n) is 2.71. The molecule has 0 aliphatic heterocycles. The zero-order valence-electron chi connectivity index (χ0n) is 13.2. The summed E-state index contributed by atoms with van der Waals surface area (Å²) < 4.78 is 5.39. The molecule has 0 bridgehead atoms. The van der Waals surface area contributed by atoms with Crippen molar-refractivity contribution in [3.8, 4) is 0 Å². The third kappa shape index (κ3) is 8.74. The van der Waals surface area contributed by atoms with Crippen molar-refractivity contribution in [2.75, 3.05) is 26.3 Å². The van der Waals surface area contributed by atoms with Gasteiger partial charge in [-0.05, 0) is 33.1 Å². The molecule has 2 N–H and O–H groups in total. The predicted octanol–water partition coefficient (Wildman–Crippen LogP) is 1.94. The van der Waals surface area contributed by atoms with Gasteiger partial charge in [0.1, 0.15) is 6.54 Å². The highest BCUT2D eigenvalue weighted by Gasteiger charge is 2.28. The van der Waals surface area contributed by atoms with Crippen LogP contribution in [0.2, 0.25) is 0 Å². The van der Waals surface area contributed by atoms with Crippen molar-refractivity contribution in [2.45, 2.75) is 46.6 Å². The Balaban J connectivity index is 4.06. The molecule has 118 valence electrons. The van der Waals surface area contributed by atoms with E-state index in [1.807, 2.05) is 0 Å². The summed E-state index contributed by atoms with van der Waals surface area (Å²) in [5.41, 5.74) is -0.541. The lowest BCUT2D eigenvalue weighted by Crippen LogP contribution is -2.52. The molecule has 6 heteroatoms. The molecule has 0 aromatic heterocycles. The van der Waals surface area contributed by atoms with Gasteiger partial charge in [-0.25, -0.2) is 4.79 Å². The van der Waals surface area contributed by atoms with Crippen molar-refractivity contribution < 1.29 is 19.4 Å². The van der Waals surface area contributed by atoms with Gasteiger partial charge in [-0.15, -0.1) is 0 Å². The molecule has 0 atom stereocenters. The zero-order valence-corrected chi connectivity index (χ0v) is 13.2. The van der Waals surface area contributed by atoms with Crippen LogP contribution in [0.5, 0.6) is 0 Å². The molecular formula is C14H28N2O4. The second-order valence-electron chi connectivity index (χ2n) is 6.18. The average molecular weight is 288 g/mol. The molecule has 2 amide bonds. The largest absolute Gasteiger partial charge is 0.480 e. The first-order valence-electron chi connectivity index (χ1n) is 6.99. The molecule has 20 heavy (non-hydrogen) atoms. The summed E-state index contributed by atoms with van der Waals surface area (Å²) in [7, 11) is 0. The number of aliphatic carboxylic acids is 1. The number of rotatable bonds is 8. The van der Waals surface area contributed by atoms with Gasteiger partial charge in [-0.1, -0.05) is 13.8 Å². The number of hydrogen-bond acceptors (Lipinski definition) is 3. The maximum absolute atomic E-state index is 12.0. The van der Waals surface area contributed by atoms with E-state index < -0.39 is 11.5 Å². The molecule has 0 saturated carbocycles. The Morgan fingerprint density at radius 1 is 1.25 bits per heavy atom. The Bertz CT molecular complexity index is 311. The molecule has 0 spiro atoms. The minimum Gasteiger partial charge on any atom is -0.480 e. The van der Waals surface area contributed by atoms with Crippen LogP contribution in [0.25, 0.3) is 0 Å². The fourth-order valence-corrected chi connectivity index (χ4v) is 1.50. The first-order valence-corrected chi connectivity index (χ1v) is 6.99. The van der Waals surface area contributed by atoms with E-state index in [0.29, 0.717) is 25.7 Å². The standard InChI is InChI=1S/C14H28N2O4/c1-11(2)6-8-20-9-7-15-13(19)16(10-12(17)18)14(3,4)5/h11H,6-10H2,1-5H3,(H,15,19)(H,17,18). The summed E-state index contributed by atoms with van der Waals surface area (Å²) >= 11 is 0. The third-order valence-corrected chi connectivity index (χ3v) is 2.71. The summed E-state index contributed by atoms with van der Waals surface area (Å²) in [4.78, 5) is 24.1.